The van der Waals surface area contributed by atoms with E-state index in [1.165, 1.54) is 5.56 Å². The summed E-state index contributed by atoms with van der Waals surface area (Å²) in [5.41, 5.74) is 2.76. The molecule has 0 spiro atoms. The van der Waals surface area contributed by atoms with Gasteiger partial charge in [0.1, 0.15) is 0 Å². The second-order valence-electron chi connectivity index (χ2n) is 4.90. The largest absolute Gasteiger partial charge is 0.322 e. The van der Waals surface area contributed by atoms with E-state index in [-0.39, 0.29) is 5.91 Å². The predicted octanol–water partition coefficient (Wildman–Crippen LogP) is 5.21. The molecule has 0 aromatic heterocycles. The maximum atomic E-state index is 12.1. The Morgan fingerprint density at radius 1 is 1.20 bits per heavy atom. The van der Waals surface area contributed by atoms with Crippen LogP contribution in [0.15, 0.2) is 53.0 Å². The summed E-state index contributed by atoms with van der Waals surface area (Å²) in [5.74, 6) is 0.451. The first kappa shape index (κ1) is 14.8. The minimum absolute atomic E-state index is 0.0948. The molecule has 104 valence electrons. The Morgan fingerprint density at radius 3 is 2.50 bits per heavy atom. The van der Waals surface area contributed by atoms with Crippen LogP contribution in [0.4, 0.5) is 5.69 Å². The predicted molar refractivity (Wildman–Crippen MR) is 87.2 cm³/mol. The third-order valence-corrected chi connectivity index (χ3v) is 3.93. The van der Waals surface area contributed by atoms with Crippen LogP contribution < -0.4 is 5.32 Å². The Hall–Kier alpha value is -1.61. The molecule has 1 unspecified atom stereocenters. The van der Waals surface area contributed by atoms with E-state index in [2.05, 4.69) is 47.2 Å². The number of hydrogen-bond donors (Lipinski definition) is 1. The zero-order chi connectivity index (χ0) is 14.5. The molecule has 0 saturated heterocycles. The van der Waals surface area contributed by atoms with Crippen LogP contribution >= 0.6 is 15.9 Å². The molecule has 0 heterocycles. The zero-order valence-electron chi connectivity index (χ0n) is 11.7. The smallest absolute Gasteiger partial charge is 0.255 e. The van der Waals surface area contributed by atoms with Gasteiger partial charge < -0.3 is 5.32 Å². The van der Waals surface area contributed by atoms with Gasteiger partial charge in [0.25, 0.3) is 5.91 Å². The van der Waals surface area contributed by atoms with Crippen LogP contribution in [0, 0.1) is 0 Å². The number of hydrogen-bond acceptors (Lipinski definition) is 1. The van der Waals surface area contributed by atoms with Crippen molar-refractivity contribution in [3.05, 3.63) is 64.1 Å². The van der Waals surface area contributed by atoms with Crippen LogP contribution in [0.5, 0.6) is 0 Å². The van der Waals surface area contributed by atoms with E-state index in [0.717, 1.165) is 16.6 Å². The molecule has 0 aliphatic heterocycles. The van der Waals surface area contributed by atoms with Crippen LogP contribution in [0.2, 0.25) is 0 Å². The van der Waals surface area contributed by atoms with Crippen LogP contribution in [0.3, 0.4) is 0 Å². The van der Waals surface area contributed by atoms with Gasteiger partial charge in [-0.2, -0.15) is 0 Å². The lowest BCUT2D eigenvalue weighted by atomic mass is 9.98. The van der Waals surface area contributed by atoms with Crippen molar-refractivity contribution in [1.29, 1.82) is 0 Å². The zero-order valence-corrected chi connectivity index (χ0v) is 13.3. The molecule has 20 heavy (non-hydrogen) atoms. The molecule has 2 nitrogen and oxygen atoms in total. The van der Waals surface area contributed by atoms with Crippen LogP contribution in [-0.4, -0.2) is 5.91 Å². The van der Waals surface area contributed by atoms with Gasteiger partial charge in [0.05, 0.1) is 0 Å². The summed E-state index contributed by atoms with van der Waals surface area (Å²) in [7, 11) is 0. The monoisotopic (exact) mass is 331 g/mol. The number of rotatable bonds is 4. The molecule has 1 amide bonds. The second kappa shape index (κ2) is 6.71. The van der Waals surface area contributed by atoms with Gasteiger partial charge in [-0.3, -0.25) is 4.79 Å². The third kappa shape index (κ3) is 3.70. The minimum Gasteiger partial charge on any atom is -0.322 e. The Balaban J connectivity index is 2.08. The molecule has 0 aliphatic rings. The molecule has 2 rings (SSSR count). The normalized spacial score (nSPS) is 11.9. The van der Waals surface area contributed by atoms with E-state index < -0.39 is 0 Å². The topological polar surface area (TPSA) is 29.1 Å². The maximum Gasteiger partial charge on any atom is 0.255 e. The number of halogens is 1. The Kier molecular flexibility index (Phi) is 4.96. The second-order valence-corrected chi connectivity index (χ2v) is 5.81. The first-order valence-corrected chi connectivity index (χ1v) is 7.56. The molecule has 2 aromatic carbocycles. The van der Waals surface area contributed by atoms with Gasteiger partial charge in [-0.25, -0.2) is 0 Å². The Labute approximate surface area is 128 Å². The number of anilines is 1. The molecule has 1 atom stereocenters. The van der Waals surface area contributed by atoms with E-state index in [4.69, 9.17) is 0 Å². The van der Waals surface area contributed by atoms with Crippen LogP contribution in [0.1, 0.15) is 42.1 Å². The summed E-state index contributed by atoms with van der Waals surface area (Å²) < 4.78 is 0.900. The molecule has 2 aromatic rings. The number of amides is 1. The molecule has 1 N–H and O–H groups in total. The number of nitrogens with one attached hydrogen (secondary N) is 1. The fraction of sp³-hybridized carbons (Fsp3) is 0.235. The molecular weight excluding hydrogens is 314 g/mol. The van der Waals surface area contributed by atoms with E-state index in [1.807, 2.05) is 30.3 Å². The van der Waals surface area contributed by atoms with E-state index in [0.29, 0.717) is 11.5 Å². The van der Waals surface area contributed by atoms with Gasteiger partial charge in [-0.1, -0.05) is 48.0 Å². The van der Waals surface area contributed by atoms with Crippen molar-refractivity contribution in [3.63, 3.8) is 0 Å². The summed E-state index contributed by atoms with van der Waals surface area (Å²) in [6.07, 6.45) is 1.11. The third-order valence-electron chi connectivity index (χ3n) is 3.44. The highest BCUT2D eigenvalue weighted by Crippen LogP contribution is 2.21. The number of carbonyl (C=O) groups is 1. The van der Waals surface area contributed by atoms with Crippen molar-refractivity contribution in [1.82, 2.24) is 0 Å². The minimum atomic E-state index is -0.0948. The molecule has 0 fully saturated rings. The van der Waals surface area contributed by atoms with Crippen molar-refractivity contribution in [3.8, 4) is 0 Å². The lowest BCUT2D eigenvalue weighted by molar-refractivity contribution is 0.102. The van der Waals surface area contributed by atoms with Crippen LogP contribution in [-0.2, 0) is 0 Å². The van der Waals surface area contributed by atoms with Gasteiger partial charge >= 0.3 is 0 Å². The SMILES string of the molecule is CCC(C)c1ccc(NC(=O)c2cccc(Br)c2)cc1. The maximum absolute atomic E-state index is 12.1. The lowest BCUT2D eigenvalue weighted by Crippen LogP contribution is -2.11. The molecule has 0 aliphatic carbocycles. The summed E-state index contributed by atoms with van der Waals surface area (Å²) in [4.78, 5) is 12.1. The average Bonchev–Trinajstić information content (AvgIpc) is 2.47. The highest BCUT2D eigenvalue weighted by Gasteiger charge is 2.07. The fourth-order valence-corrected chi connectivity index (χ4v) is 2.36. The van der Waals surface area contributed by atoms with Gasteiger partial charge in [0.2, 0.25) is 0 Å². The van der Waals surface area contributed by atoms with Crippen molar-refractivity contribution in [2.24, 2.45) is 0 Å². The molecule has 0 radical (unpaired) electrons. The van der Waals surface area contributed by atoms with Gasteiger partial charge in [0.15, 0.2) is 0 Å². The summed E-state index contributed by atoms with van der Waals surface area (Å²) in [6, 6.07) is 15.4. The van der Waals surface area contributed by atoms with E-state index in [1.54, 1.807) is 6.07 Å². The Bertz CT molecular complexity index is 592. The van der Waals surface area contributed by atoms with Crippen molar-refractivity contribution in [2.75, 3.05) is 5.32 Å². The van der Waals surface area contributed by atoms with Gasteiger partial charge in [-0.15, -0.1) is 0 Å². The number of carbonyl (C=O) groups excluding carboxylic acids is 1. The van der Waals surface area contributed by atoms with Crippen molar-refractivity contribution >= 4 is 27.5 Å². The fourth-order valence-electron chi connectivity index (χ4n) is 1.96. The highest BCUT2D eigenvalue weighted by atomic mass is 79.9. The lowest BCUT2D eigenvalue weighted by Gasteiger charge is -2.10. The summed E-state index contributed by atoms with van der Waals surface area (Å²) in [6.45, 7) is 4.38. The molecule has 0 bridgehead atoms. The summed E-state index contributed by atoms with van der Waals surface area (Å²) >= 11 is 3.37. The van der Waals surface area contributed by atoms with Crippen LogP contribution in [0.25, 0.3) is 0 Å². The highest BCUT2D eigenvalue weighted by molar-refractivity contribution is 9.10. The van der Waals surface area contributed by atoms with Gasteiger partial charge in [-0.05, 0) is 48.2 Å². The van der Waals surface area contributed by atoms with Gasteiger partial charge in [0, 0.05) is 15.7 Å². The van der Waals surface area contributed by atoms with E-state index in [9.17, 15) is 4.79 Å². The molecule has 3 heteroatoms. The van der Waals surface area contributed by atoms with E-state index >= 15 is 0 Å². The average molecular weight is 332 g/mol. The summed E-state index contributed by atoms with van der Waals surface area (Å²) in [5, 5.41) is 2.91. The van der Waals surface area contributed by atoms with Crippen molar-refractivity contribution in [2.45, 2.75) is 26.2 Å². The van der Waals surface area contributed by atoms with Crippen molar-refractivity contribution < 1.29 is 4.79 Å². The Morgan fingerprint density at radius 2 is 1.90 bits per heavy atom. The quantitative estimate of drug-likeness (QED) is 0.818. The number of benzene rings is 2. The molecular formula is C17H18BrNO. The standard InChI is InChI=1S/C17H18BrNO/c1-3-12(2)13-7-9-16(10-8-13)19-17(20)14-5-4-6-15(18)11-14/h4-12H,3H2,1-2H3,(H,19,20). The first-order chi connectivity index (χ1) is 9.60. The first-order valence-electron chi connectivity index (χ1n) is 6.77. The molecule has 0 saturated carbocycles.